The summed E-state index contributed by atoms with van der Waals surface area (Å²) in [5.74, 6) is -5.51. The number of Topliss-reactive ketones (excluding diaryl/α,β-unsaturated/α-hetero) is 2. The van der Waals surface area contributed by atoms with E-state index in [2.05, 4.69) is 35.6 Å². The van der Waals surface area contributed by atoms with Crippen molar-refractivity contribution in [3.05, 3.63) is 69.5 Å². The topological polar surface area (TPSA) is 345 Å². The summed E-state index contributed by atoms with van der Waals surface area (Å²) in [7, 11) is 0. The number of aliphatic hydroxyl groups excluding tert-OH is 3. The summed E-state index contributed by atoms with van der Waals surface area (Å²) in [4.78, 5) is 88.4. The van der Waals surface area contributed by atoms with Crippen LogP contribution in [-0.2, 0) is 54.5 Å². The molecule has 1 aromatic carbocycles. The highest BCUT2D eigenvalue weighted by molar-refractivity contribution is 5.98. The third-order valence-electron chi connectivity index (χ3n) is 9.17. The number of ketones is 2. The number of carboxylic acid groups (broad SMARTS) is 2. The summed E-state index contributed by atoms with van der Waals surface area (Å²) in [6.45, 7) is 1.09. The molecule has 1 saturated heterocycles. The molecule has 0 aliphatic carbocycles. The number of carbonyl (C=O) groups excluding carboxylic acids is 3. The van der Waals surface area contributed by atoms with E-state index in [1.54, 1.807) is 24.3 Å². The van der Waals surface area contributed by atoms with Crippen LogP contribution in [0.2, 0.25) is 0 Å². The summed E-state index contributed by atoms with van der Waals surface area (Å²) < 4.78 is 11.7. The Morgan fingerprint density at radius 3 is 2.44 bits per heavy atom. The van der Waals surface area contributed by atoms with Crippen LogP contribution in [0.3, 0.4) is 0 Å². The number of anilines is 1. The van der Waals surface area contributed by atoms with Crippen molar-refractivity contribution in [2.24, 2.45) is 5.92 Å². The molecule has 0 spiro atoms. The van der Waals surface area contributed by atoms with Gasteiger partial charge in [-0.1, -0.05) is 29.5 Å². The predicted molar refractivity (Wildman–Crippen MR) is 192 cm³/mol. The minimum absolute atomic E-state index is 0.0212. The molecule has 22 heteroatoms. The van der Waals surface area contributed by atoms with Crippen molar-refractivity contribution in [1.29, 1.82) is 0 Å². The lowest BCUT2D eigenvalue weighted by atomic mass is 9.93. The summed E-state index contributed by atoms with van der Waals surface area (Å²) in [5.41, 5.74) is 7.23. The summed E-state index contributed by atoms with van der Waals surface area (Å²) in [5, 5.41) is 59.2. The third kappa shape index (κ3) is 11.0. The standard InChI is InChI=1S/C35H41N9O13/c1-16(45)22(13-21-15-44(43-42-21)10-11-56-34-28(50)26(48)27(49)29(57-34)33(54)55)39-24(47)9-7-19(32(52)53)12-23(46)18-5-2-17(3-6-18)4-8-20-14-37-30-25(38-20)31(51)41-35(36)40-30/h2-3,5-6,14-15,19,22,26-29,34,48-50H,4,7-13H2,1H3,(H,39,47)(H,52,53)(H,54,55)(H3,36,37,40,41,51)/t19-,22+,26+,27?,28+,29?,34?/m1/s1. The zero-order valence-electron chi connectivity index (χ0n) is 30.4. The van der Waals surface area contributed by atoms with Gasteiger partial charge in [0.15, 0.2) is 35.1 Å². The molecule has 0 bridgehead atoms. The monoisotopic (exact) mass is 795 g/mol. The largest absolute Gasteiger partial charge is 0.481 e. The highest BCUT2D eigenvalue weighted by atomic mass is 16.7. The number of amides is 1. The van der Waals surface area contributed by atoms with Crippen LogP contribution in [0.4, 0.5) is 5.95 Å². The van der Waals surface area contributed by atoms with E-state index in [0.29, 0.717) is 24.2 Å². The second-order valence-electron chi connectivity index (χ2n) is 13.4. The lowest BCUT2D eigenvalue weighted by molar-refractivity contribution is -0.294. The summed E-state index contributed by atoms with van der Waals surface area (Å²) in [6.07, 6.45) is -5.76. The number of carbonyl (C=O) groups is 5. The SMILES string of the molecule is CC(=O)[C@H](Cc1cn(CCOC2OC(C(=O)O)C(O)[C@H](O)[C@@H]2O)nn1)NC(=O)CC[C@H](CC(=O)c1ccc(CCc2cnc3nc(N)[nH]c(=O)c3n2)cc1)C(=O)O. The van der Waals surface area contributed by atoms with E-state index in [-0.39, 0.29) is 61.5 Å². The first kappa shape index (κ1) is 42.1. The maximum absolute atomic E-state index is 13.0. The van der Waals surface area contributed by atoms with Gasteiger partial charge >= 0.3 is 11.9 Å². The average molecular weight is 796 g/mol. The number of nitrogens with two attached hydrogens (primary N) is 1. The number of aliphatic hydroxyl groups is 3. The molecule has 5 rings (SSSR count). The van der Waals surface area contributed by atoms with Gasteiger partial charge < -0.3 is 46.1 Å². The maximum atomic E-state index is 13.0. The molecule has 22 nitrogen and oxygen atoms in total. The molecular weight excluding hydrogens is 754 g/mol. The van der Waals surface area contributed by atoms with E-state index < -0.39 is 77.6 Å². The number of hydrogen-bond acceptors (Lipinski definition) is 17. The van der Waals surface area contributed by atoms with E-state index in [1.807, 2.05) is 0 Å². The zero-order valence-corrected chi connectivity index (χ0v) is 30.4. The van der Waals surface area contributed by atoms with Gasteiger partial charge in [0, 0.05) is 31.0 Å². The summed E-state index contributed by atoms with van der Waals surface area (Å²) >= 11 is 0. The normalized spacial score (nSPS) is 20.5. The molecule has 7 atom stereocenters. The van der Waals surface area contributed by atoms with Gasteiger partial charge in [-0.15, -0.1) is 5.10 Å². The number of benzene rings is 1. The molecule has 1 aliphatic heterocycles. The number of aromatic nitrogens is 7. The minimum atomic E-state index is -1.86. The quantitative estimate of drug-likeness (QED) is 0.0473. The molecule has 3 unspecified atom stereocenters. The van der Waals surface area contributed by atoms with E-state index in [9.17, 15) is 49.2 Å². The highest BCUT2D eigenvalue weighted by Gasteiger charge is 2.47. The van der Waals surface area contributed by atoms with E-state index in [0.717, 1.165) is 5.56 Å². The molecule has 0 saturated carbocycles. The van der Waals surface area contributed by atoms with Crippen molar-refractivity contribution in [2.45, 2.75) is 88.7 Å². The van der Waals surface area contributed by atoms with Gasteiger partial charge in [0.25, 0.3) is 5.56 Å². The van der Waals surface area contributed by atoms with E-state index in [1.165, 1.54) is 24.0 Å². The summed E-state index contributed by atoms with van der Waals surface area (Å²) in [6, 6.07) is 5.58. The van der Waals surface area contributed by atoms with Gasteiger partial charge in [-0.3, -0.25) is 29.0 Å². The van der Waals surface area contributed by atoms with Crippen LogP contribution in [0.5, 0.6) is 0 Å². The molecule has 0 radical (unpaired) electrons. The van der Waals surface area contributed by atoms with Crippen molar-refractivity contribution in [2.75, 3.05) is 12.3 Å². The highest BCUT2D eigenvalue weighted by Crippen LogP contribution is 2.23. The lowest BCUT2D eigenvalue weighted by Gasteiger charge is -2.38. The van der Waals surface area contributed by atoms with Gasteiger partial charge in [0.05, 0.1) is 42.7 Å². The molecule has 304 valence electrons. The molecule has 1 amide bonds. The fourth-order valence-electron chi connectivity index (χ4n) is 5.95. The predicted octanol–water partition coefficient (Wildman–Crippen LogP) is -2.05. The minimum Gasteiger partial charge on any atom is -0.481 e. The fourth-order valence-corrected chi connectivity index (χ4v) is 5.95. The first-order valence-electron chi connectivity index (χ1n) is 17.7. The lowest BCUT2D eigenvalue weighted by Crippen LogP contribution is -2.60. The number of nitrogen functional groups attached to an aromatic ring is 1. The van der Waals surface area contributed by atoms with Crippen LogP contribution >= 0.6 is 0 Å². The Hall–Kier alpha value is -6.07. The number of H-pyrrole nitrogens is 1. The molecule has 4 heterocycles. The van der Waals surface area contributed by atoms with Crippen LogP contribution < -0.4 is 16.6 Å². The third-order valence-corrected chi connectivity index (χ3v) is 9.17. The van der Waals surface area contributed by atoms with Crippen LogP contribution in [-0.4, -0.2) is 133 Å². The number of aromatic amines is 1. The van der Waals surface area contributed by atoms with Crippen molar-refractivity contribution in [3.63, 3.8) is 0 Å². The second kappa shape index (κ2) is 18.7. The number of ether oxygens (including phenoxy) is 2. The van der Waals surface area contributed by atoms with Crippen LogP contribution in [0, 0.1) is 5.92 Å². The smallest absolute Gasteiger partial charge is 0.335 e. The average Bonchev–Trinajstić information content (AvgIpc) is 3.62. The molecule has 1 fully saturated rings. The van der Waals surface area contributed by atoms with E-state index in [4.69, 9.17) is 20.3 Å². The van der Waals surface area contributed by atoms with Crippen LogP contribution in [0.15, 0.2) is 41.5 Å². The molecule has 4 aromatic rings. The Morgan fingerprint density at radius 1 is 1.02 bits per heavy atom. The first-order valence-corrected chi connectivity index (χ1v) is 17.7. The van der Waals surface area contributed by atoms with Crippen molar-refractivity contribution in [3.8, 4) is 0 Å². The number of aryl methyl sites for hydroxylation is 2. The van der Waals surface area contributed by atoms with Crippen LogP contribution in [0.1, 0.15) is 53.5 Å². The second-order valence-corrected chi connectivity index (χ2v) is 13.4. The van der Waals surface area contributed by atoms with Gasteiger partial charge in [-0.05, 0) is 31.7 Å². The van der Waals surface area contributed by atoms with Gasteiger partial charge in [-0.25, -0.2) is 19.4 Å². The number of carboxylic acids is 2. The Kier molecular flexibility index (Phi) is 13.8. The first-order chi connectivity index (χ1) is 27.1. The number of fused-ring (bicyclic) bond motifs is 1. The fraction of sp³-hybridized carbons (Fsp3) is 0.457. The molecule has 9 N–H and O–H groups in total. The Morgan fingerprint density at radius 2 is 1.75 bits per heavy atom. The number of hydrogen-bond donors (Lipinski definition) is 8. The Bertz CT molecular complexity index is 2160. The number of nitrogens with zero attached hydrogens (tertiary/aromatic N) is 6. The van der Waals surface area contributed by atoms with Crippen molar-refractivity contribution < 1.29 is 59.0 Å². The molecule has 1 aliphatic rings. The molecule has 57 heavy (non-hydrogen) atoms. The van der Waals surface area contributed by atoms with Crippen molar-refractivity contribution in [1.82, 2.24) is 40.2 Å². The zero-order chi connectivity index (χ0) is 41.4. The molecule has 3 aromatic heterocycles. The van der Waals surface area contributed by atoms with Gasteiger partial charge in [0.1, 0.15) is 18.3 Å². The number of nitrogens with one attached hydrogen (secondary N) is 2. The maximum Gasteiger partial charge on any atom is 0.335 e. The Labute approximate surface area is 322 Å². The van der Waals surface area contributed by atoms with Crippen molar-refractivity contribution >= 4 is 46.5 Å². The molecular formula is C35H41N9O13. The van der Waals surface area contributed by atoms with Crippen LogP contribution in [0.25, 0.3) is 11.2 Å². The van der Waals surface area contributed by atoms with Gasteiger partial charge in [0.2, 0.25) is 11.9 Å². The van der Waals surface area contributed by atoms with E-state index >= 15 is 0 Å². The van der Waals surface area contributed by atoms with Gasteiger partial charge in [-0.2, -0.15) is 4.98 Å². The number of aliphatic carboxylic acids is 2. The number of rotatable bonds is 19. The Balaban J connectivity index is 1.06.